The van der Waals surface area contributed by atoms with Gasteiger partial charge in [-0.1, -0.05) is 5.16 Å². The van der Waals surface area contributed by atoms with E-state index in [2.05, 4.69) is 31.1 Å². The van der Waals surface area contributed by atoms with Crippen molar-refractivity contribution in [2.75, 3.05) is 0 Å². The number of halogens is 1. The molecule has 0 aliphatic heterocycles. The van der Waals surface area contributed by atoms with E-state index in [0.717, 1.165) is 4.47 Å². The normalized spacial score (nSPS) is 12.7. The second-order valence-corrected chi connectivity index (χ2v) is 4.34. The molecule has 2 aromatic heterocycles. The van der Waals surface area contributed by atoms with Gasteiger partial charge in [0.25, 0.3) is 0 Å². The van der Waals surface area contributed by atoms with E-state index in [-0.39, 0.29) is 0 Å². The Bertz CT molecular complexity index is 467. The van der Waals surface area contributed by atoms with E-state index in [0.29, 0.717) is 23.8 Å². The third kappa shape index (κ3) is 2.65. The summed E-state index contributed by atoms with van der Waals surface area (Å²) in [6, 6.07) is 3.65. The molecule has 0 bridgehead atoms. The summed E-state index contributed by atoms with van der Waals surface area (Å²) in [5.41, 5.74) is 0.642. The Balaban J connectivity index is 2.21. The Hall–Kier alpha value is -1.27. The Labute approximate surface area is 101 Å². The van der Waals surface area contributed by atoms with Gasteiger partial charge < -0.3 is 9.63 Å². The number of nitrogens with zero attached hydrogens (tertiary/aromatic N) is 3. The van der Waals surface area contributed by atoms with Crippen molar-refractivity contribution in [1.29, 1.82) is 0 Å². The van der Waals surface area contributed by atoms with Crippen molar-refractivity contribution >= 4 is 15.9 Å². The van der Waals surface area contributed by atoms with Crippen LogP contribution in [0.5, 0.6) is 0 Å². The molecule has 0 amide bonds. The van der Waals surface area contributed by atoms with Crippen molar-refractivity contribution in [3.05, 3.63) is 28.7 Å². The number of aliphatic hydroxyl groups is 1. The highest BCUT2D eigenvalue weighted by Crippen LogP contribution is 2.16. The zero-order chi connectivity index (χ0) is 11.5. The van der Waals surface area contributed by atoms with E-state index in [1.165, 1.54) is 0 Å². The number of hydrogen-bond acceptors (Lipinski definition) is 5. The van der Waals surface area contributed by atoms with Crippen molar-refractivity contribution in [2.24, 2.45) is 0 Å². The molecule has 0 radical (unpaired) electrons. The zero-order valence-electron chi connectivity index (χ0n) is 8.59. The van der Waals surface area contributed by atoms with E-state index >= 15 is 0 Å². The first-order valence-corrected chi connectivity index (χ1v) is 5.57. The van der Waals surface area contributed by atoms with Crippen LogP contribution in [-0.2, 0) is 6.42 Å². The van der Waals surface area contributed by atoms with E-state index in [1.807, 2.05) is 6.07 Å². The molecule has 0 aliphatic carbocycles. The highest BCUT2D eigenvalue weighted by Gasteiger charge is 2.11. The minimum atomic E-state index is -0.494. The largest absolute Gasteiger partial charge is 0.393 e. The van der Waals surface area contributed by atoms with E-state index in [4.69, 9.17) is 4.52 Å². The predicted molar refractivity (Wildman–Crippen MR) is 60.6 cm³/mol. The van der Waals surface area contributed by atoms with Crippen LogP contribution in [0.4, 0.5) is 0 Å². The first-order valence-electron chi connectivity index (χ1n) is 4.78. The maximum atomic E-state index is 9.17. The molecule has 2 heterocycles. The molecule has 1 atom stereocenters. The highest BCUT2D eigenvalue weighted by atomic mass is 79.9. The Kier molecular flexibility index (Phi) is 3.31. The fraction of sp³-hybridized carbons (Fsp3) is 0.300. The minimum Gasteiger partial charge on any atom is -0.393 e. The van der Waals surface area contributed by atoms with Gasteiger partial charge in [0.15, 0.2) is 0 Å². The number of aromatic nitrogens is 3. The molecule has 6 heteroatoms. The van der Waals surface area contributed by atoms with Gasteiger partial charge in [0.2, 0.25) is 11.7 Å². The predicted octanol–water partition coefficient (Wildman–Crippen LogP) is 1.82. The second-order valence-electron chi connectivity index (χ2n) is 3.43. The molecule has 0 saturated carbocycles. The quantitative estimate of drug-likeness (QED) is 0.930. The van der Waals surface area contributed by atoms with Crippen molar-refractivity contribution in [1.82, 2.24) is 15.1 Å². The molecule has 0 saturated heterocycles. The van der Waals surface area contributed by atoms with Gasteiger partial charge in [-0.05, 0) is 35.0 Å². The van der Waals surface area contributed by atoms with Crippen LogP contribution in [0.2, 0.25) is 0 Å². The van der Waals surface area contributed by atoms with Gasteiger partial charge in [-0.2, -0.15) is 4.98 Å². The smallest absolute Gasteiger partial charge is 0.229 e. The lowest BCUT2D eigenvalue weighted by molar-refractivity contribution is 0.181. The second kappa shape index (κ2) is 4.71. The first kappa shape index (κ1) is 11.2. The van der Waals surface area contributed by atoms with Gasteiger partial charge in [-0.25, -0.2) is 0 Å². The number of rotatable bonds is 3. The number of aliphatic hydroxyl groups excluding tert-OH is 1. The van der Waals surface area contributed by atoms with Crippen LogP contribution in [0.15, 0.2) is 27.3 Å². The van der Waals surface area contributed by atoms with E-state index in [9.17, 15) is 5.11 Å². The fourth-order valence-electron chi connectivity index (χ4n) is 1.20. The zero-order valence-corrected chi connectivity index (χ0v) is 10.2. The molecule has 1 unspecified atom stereocenters. The Morgan fingerprint density at radius 3 is 2.94 bits per heavy atom. The fourth-order valence-corrected chi connectivity index (χ4v) is 1.44. The standard InChI is InChI=1S/C10H10BrN3O2/c1-6(15)4-9-13-10(14-16-9)8-3-2-7(11)5-12-8/h2-3,5-6,15H,4H2,1H3. The monoisotopic (exact) mass is 283 g/mol. The highest BCUT2D eigenvalue weighted by molar-refractivity contribution is 9.10. The molecule has 0 aromatic carbocycles. The van der Waals surface area contributed by atoms with Crippen molar-refractivity contribution in [2.45, 2.75) is 19.4 Å². The SMILES string of the molecule is CC(O)Cc1nc(-c2ccc(Br)cn2)no1. The molecule has 1 N–H and O–H groups in total. The summed E-state index contributed by atoms with van der Waals surface area (Å²) in [4.78, 5) is 8.28. The molecule has 16 heavy (non-hydrogen) atoms. The van der Waals surface area contributed by atoms with E-state index in [1.54, 1.807) is 19.2 Å². The van der Waals surface area contributed by atoms with Crippen molar-refractivity contribution in [3.8, 4) is 11.5 Å². The molecule has 2 rings (SSSR count). The third-order valence-corrected chi connectivity index (χ3v) is 2.36. The summed E-state index contributed by atoms with van der Waals surface area (Å²) in [5, 5.41) is 13.0. The van der Waals surface area contributed by atoms with Gasteiger partial charge in [0.05, 0.1) is 12.5 Å². The van der Waals surface area contributed by atoms with Gasteiger partial charge in [-0.3, -0.25) is 4.98 Å². The summed E-state index contributed by atoms with van der Waals surface area (Å²) in [6.07, 6.45) is 1.52. The molecule has 0 spiro atoms. The van der Waals surface area contributed by atoms with Crippen LogP contribution < -0.4 is 0 Å². The lowest BCUT2D eigenvalue weighted by Crippen LogP contribution is -2.04. The third-order valence-electron chi connectivity index (χ3n) is 1.89. The van der Waals surface area contributed by atoms with Crippen LogP contribution in [0.3, 0.4) is 0 Å². The maximum Gasteiger partial charge on any atom is 0.229 e. The molecular formula is C10H10BrN3O2. The summed E-state index contributed by atoms with van der Waals surface area (Å²) >= 11 is 3.30. The number of hydrogen-bond donors (Lipinski definition) is 1. The summed E-state index contributed by atoms with van der Waals surface area (Å²) in [5.74, 6) is 0.845. The summed E-state index contributed by atoms with van der Waals surface area (Å²) < 4.78 is 5.88. The van der Waals surface area contributed by atoms with Crippen LogP contribution >= 0.6 is 15.9 Å². The van der Waals surface area contributed by atoms with Crippen molar-refractivity contribution in [3.63, 3.8) is 0 Å². The lowest BCUT2D eigenvalue weighted by atomic mass is 10.3. The average molecular weight is 284 g/mol. The van der Waals surface area contributed by atoms with Gasteiger partial charge in [-0.15, -0.1) is 0 Å². The van der Waals surface area contributed by atoms with Crippen LogP contribution in [0.25, 0.3) is 11.5 Å². The van der Waals surface area contributed by atoms with Gasteiger partial charge >= 0.3 is 0 Å². The molecule has 0 aliphatic rings. The molecular weight excluding hydrogens is 274 g/mol. The van der Waals surface area contributed by atoms with Crippen molar-refractivity contribution < 1.29 is 9.63 Å². The van der Waals surface area contributed by atoms with Gasteiger partial charge in [0.1, 0.15) is 5.69 Å². The maximum absolute atomic E-state index is 9.17. The van der Waals surface area contributed by atoms with Crippen LogP contribution in [0.1, 0.15) is 12.8 Å². The van der Waals surface area contributed by atoms with Crippen LogP contribution in [0, 0.1) is 0 Å². The summed E-state index contributed by atoms with van der Waals surface area (Å²) in [6.45, 7) is 1.67. The Morgan fingerprint density at radius 2 is 2.31 bits per heavy atom. The Morgan fingerprint density at radius 1 is 1.50 bits per heavy atom. The van der Waals surface area contributed by atoms with E-state index < -0.39 is 6.10 Å². The molecule has 2 aromatic rings. The molecule has 0 fully saturated rings. The van der Waals surface area contributed by atoms with Crippen LogP contribution in [-0.4, -0.2) is 26.3 Å². The van der Waals surface area contributed by atoms with Gasteiger partial charge in [0, 0.05) is 10.7 Å². The summed E-state index contributed by atoms with van der Waals surface area (Å²) in [7, 11) is 0. The topological polar surface area (TPSA) is 72.0 Å². The molecule has 5 nitrogen and oxygen atoms in total. The average Bonchev–Trinajstić information content (AvgIpc) is 2.66. The molecule has 84 valence electrons. The lowest BCUT2D eigenvalue weighted by Gasteiger charge is -1.95. The minimum absolute atomic E-state index is 0.351. The first-order chi connectivity index (χ1) is 7.65. The number of pyridine rings is 1.